The van der Waals surface area contributed by atoms with E-state index in [1.807, 2.05) is 0 Å². The molecule has 3 N–H and O–H groups in total. The number of hydrogen-bond donors (Lipinski definition) is 2. The molecule has 1 heterocycles. The van der Waals surface area contributed by atoms with Crippen LogP contribution in [0, 0.1) is 6.92 Å². The number of hydrogen-bond acceptors (Lipinski definition) is 4. The second kappa shape index (κ2) is 7.19. The highest BCUT2D eigenvalue weighted by Gasteiger charge is 2.25. The first-order valence-electron chi connectivity index (χ1n) is 6.59. The number of nitrogens with two attached hydrogens (primary N) is 1. The Kier molecular flexibility index (Phi) is 5.28. The quantitative estimate of drug-likeness (QED) is 0.848. The zero-order valence-corrected chi connectivity index (χ0v) is 12.9. The molecular weight excluding hydrogens is 326 g/mol. The number of alkyl halides is 2. The van der Waals surface area contributed by atoms with Crippen molar-refractivity contribution >= 4 is 23.2 Å². The second-order valence-electron chi connectivity index (χ2n) is 4.65. The fourth-order valence-corrected chi connectivity index (χ4v) is 2.84. The maximum atomic E-state index is 12.4. The normalized spacial score (nSPS) is 12.0. The lowest BCUT2D eigenvalue weighted by Crippen LogP contribution is -2.37. The summed E-state index contributed by atoms with van der Waals surface area (Å²) in [5.74, 6) is -1.68. The molecule has 0 saturated carbocycles. The lowest BCUT2D eigenvalue weighted by Gasteiger charge is -2.16. The number of nitrogens with one attached hydrogen (secondary N) is 1. The van der Waals surface area contributed by atoms with Crippen molar-refractivity contribution in [3.63, 3.8) is 0 Å². The van der Waals surface area contributed by atoms with Crippen LogP contribution in [0.3, 0.4) is 0 Å². The Morgan fingerprint density at radius 2 is 1.91 bits per heavy atom. The lowest BCUT2D eigenvalue weighted by molar-refractivity contribution is -0.120. The molecule has 122 valence electrons. The summed E-state index contributed by atoms with van der Waals surface area (Å²) in [6.07, 6.45) is 0. The van der Waals surface area contributed by atoms with Crippen LogP contribution in [0.5, 0.6) is 5.75 Å². The van der Waals surface area contributed by atoms with Crippen molar-refractivity contribution in [3.05, 3.63) is 51.7 Å². The van der Waals surface area contributed by atoms with E-state index in [-0.39, 0.29) is 10.6 Å². The molecule has 0 aliphatic heterocycles. The van der Waals surface area contributed by atoms with Gasteiger partial charge in [-0.05, 0) is 18.6 Å². The predicted molar refractivity (Wildman–Crippen MR) is 81.5 cm³/mol. The van der Waals surface area contributed by atoms with E-state index in [1.54, 1.807) is 37.3 Å². The third kappa shape index (κ3) is 4.26. The molecule has 2 amide bonds. The number of benzene rings is 1. The molecule has 1 atom stereocenters. The highest BCUT2D eigenvalue weighted by atomic mass is 32.1. The van der Waals surface area contributed by atoms with Crippen molar-refractivity contribution in [2.75, 3.05) is 0 Å². The highest BCUT2D eigenvalue weighted by Crippen LogP contribution is 2.30. The van der Waals surface area contributed by atoms with Gasteiger partial charge in [0.15, 0.2) is 0 Å². The zero-order chi connectivity index (χ0) is 17.0. The number of primary amides is 1. The summed E-state index contributed by atoms with van der Waals surface area (Å²) in [6, 6.07) is 8.67. The van der Waals surface area contributed by atoms with Crippen LogP contribution in [-0.2, 0) is 4.79 Å². The van der Waals surface area contributed by atoms with Gasteiger partial charge in [-0.3, -0.25) is 9.59 Å². The SMILES string of the molecule is Cc1cc(OC(F)F)c(C(=O)NC(C(N)=O)c2ccccc2)s1. The summed E-state index contributed by atoms with van der Waals surface area (Å²) in [4.78, 5) is 24.5. The van der Waals surface area contributed by atoms with Crippen LogP contribution in [0.4, 0.5) is 8.78 Å². The van der Waals surface area contributed by atoms with Gasteiger partial charge in [-0.1, -0.05) is 30.3 Å². The molecule has 2 aromatic rings. The number of thiophene rings is 1. The van der Waals surface area contributed by atoms with Crippen LogP contribution in [0.25, 0.3) is 0 Å². The second-order valence-corrected chi connectivity index (χ2v) is 5.90. The van der Waals surface area contributed by atoms with Crippen LogP contribution < -0.4 is 15.8 Å². The van der Waals surface area contributed by atoms with Crippen LogP contribution in [0.2, 0.25) is 0 Å². The van der Waals surface area contributed by atoms with Gasteiger partial charge in [0, 0.05) is 4.88 Å². The first kappa shape index (κ1) is 16.9. The van der Waals surface area contributed by atoms with Gasteiger partial charge in [-0.15, -0.1) is 11.3 Å². The Morgan fingerprint density at radius 1 is 1.26 bits per heavy atom. The average molecular weight is 340 g/mol. The third-order valence-electron chi connectivity index (χ3n) is 2.94. The Labute approximate surface area is 135 Å². The van der Waals surface area contributed by atoms with Crippen LogP contribution in [0.1, 0.15) is 26.2 Å². The number of carbonyl (C=O) groups is 2. The standard InChI is InChI=1S/C15H14F2N2O3S/c1-8-7-10(22-15(16)17)12(23-8)14(21)19-11(13(18)20)9-5-3-2-4-6-9/h2-7,11,15H,1H3,(H2,18,20)(H,19,21). The minimum atomic E-state index is -3.04. The van der Waals surface area contributed by atoms with E-state index < -0.39 is 24.5 Å². The zero-order valence-electron chi connectivity index (χ0n) is 12.1. The van der Waals surface area contributed by atoms with Gasteiger partial charge in [0.25, 0.3) is 5.91 Å². The van der Waals surface area contributed by atoms with Crippen molar-refractivity contribution < 1.29 is 23.1 Å². The summed E-state index contributed by atoms with van der Waals surface area (Å²) in [7, 11) is 0. The highest BCUT2D eigenvalue weighted by molar-refractivity contribution is 7.14. The van der Waals surface area contributed by atoms with Gasteiger partial charge in [-0.25, -0.2) is 0 Å². The van der Waals surface area contributed by atoms with E-state index in [0.717, 1.165) is 11.3 Å². The Morgan fingerprint density at radius 3 is 2.48 bits per heavy atom. The molecule has 0 aliphatic carbocycles. The summed E-state index contributed by atoms with van der Waals surface area (Å²) < 4.78 is 29.1. The van der Waals surface area contributed by atoms with Crippen LogP contribution >= 0.6 is 11.3 Å². The summed E-state index contributed by atoms with van der Waals surface area (Å²) in [5, 5.41) is 2.45. The van der Waals surface area contributed by atoms with E-state index in [4.69, 9.17) is 5.73 Å². The monoisotopic (exact) mass is 340 g/mol. The molecule has 0 aliphatic rings. The number of aryl methyl sites for hydroxylation is 1. The molecule has 2 rings (SSSR count). The van der Waals surface area contributed by atoms with Gasteiger partial charge >= 0.3 is 6.61 Å². The molecule has 0 fully saturated rings. The smallest absolute Gasteiger partial charge is 0.387 e. The molecule has 23 heavy (non-hydrogen) atoms. The summed E-state index contributed by atoms with van der Waals surface area (Å²) in [6.45, 7) is -1.39. The van der Waals surface area contributed by atoms with Gasteiger partial charge < -0.3 is 15.8 Å². The maximum Gasteiger partial charge on any atom is 0.387 e. The molecule has 5 nitrogen and oxygen atoms in total. The van der Waals surface area contributed by atoms with Crippen molar-refractivity contribution in [1.82, 2.24) is 5.32 Å². The minimum Gasteiger partial charge on any atom is -0.433 e. The molecule has 0 bridgehead atoms. The molecule has 8 heteroatoms. The first-order valence-corrected chi connectivity index (χ1v) is 7.40. The summed E-state index contributed by atoms with van der Waals surface area (Å²) in [5.41, 5.74) is 5.82. The van der Waals surface area contributed by atoms with Gasteiger partial charge in [0.1, 0.15) is 16.7 Å². The Hall–Kier alpha value is -2.48. The average Bonchev–Trinajstić information content (AvgIpc) is 2.85. The molecule has 1 aromatic carbocycles. The van der Waals surface area contributed by atoms with Gasteiger partial charge in [0.05, 0.1) is 0 Å². The Bertz CT molecular complexity index is 704. The molecule has 0 saturated heterocycles. The minimum absolute atomic E-state index is 0.0371. The van der Waals surface area contributed by atoms with Gasteiger partial charge in [0.2, 0.25) is 5.91 Å². The molecule has 0 spiro atoms. The van der Waals surface area contributed by atoms with E-state index in [2.05, 4.69) is 10.1 Å². The third-order valence-corrected chi connectivity index (χ3v) is 3.97. The summed E-state index contributed by atoms with van der Waals surface area (Å²) >= 11 is 0.991. The maximum absolute atomic E-state index is 12.4. The predicted octanol–water partition coefficient (Wildman–Crippen LogP) is 2.61. The van der Waals surface area contributed by atoms with Crippen molar-refractivity contribution in [2.24, 2.45) is 5.73 Å². The van der Waals surface area contributed by atoms with E-state index in [9.17, 15) is 18.4 Å². The first-order chi connectivity index (χ1) is 10.9. The number of amides is 2. The number of rotatable bonds is 6. The fourth-order valence-electron chi connectivity index (χ4n) is 1.99. The number of ether oxygens (including phenoxy) is 1. The van der Waals surface area contributed by atoms with E-state index in [1.165, 1.54) is 6.07 Å². The van der Waals surface area contributed by atoms with Crippen molar-refractivity contribution in [3.8, 4) is 5.75 Å². The van der Waals surface area contributed by atoms with Gasteiger partial charge in [-0.2, -0.15) is 8.78 Å². The topological polar surface area (TPSA) is 81.4 Å². The molecule has 1 aromatic heterocycles. The molecule has 0 radical (unpaired) electrons. The Balaban J connectivity index is 2.25. The number of carbonyl (C=O) groups excluding carboxylic acids is 2. The molecular formula is C15H14F2N2O3S. The van der Waals surface area contributed by atoms with E-state index >= 15 is 0 Å². The fraction of sp³-hybridized carbons (Fsp3) is 0.200. The largest absolute Gasteiger partial charge is 0.433 e. The van der Waals surface area contributed by atoms with Crippen LogP contribution in [-0.4, -0.2) is 18.4 Å². The van der Waals surface area contributed by atoms with Crippen molar-refractivity contribution in [1.29, 1.82) is 0 Å². The van der Waals surface area contributed by atoms with Crippen molar-refractivity contribution in [2.45, 2.75) is 19.6 Å². The number of halogens is 2. The lowest BCUT2D eigenvalue weighted by atomic mass is 10.1. The van der Waals surface area contributed by atoms with Crippen LogP contribution in [0.15, 0.2) is 36.4 Å². The van der Waals surface area contributed by atoms with E-state index in [0.29, 0.717) is 10.4 Å². The molecule has 1 unspecified atom stereocenters.